The van der Waals surface area contributed by atoms with Crippen LogP contribution in [0.2, 0.25) is 0 Å². The molecule has 0 saturated carbocycles. The van der Waals surface area contributed by atoms with E-state index in [0.717, 1.165) is 16.8 Å². The second-order valence-corrected chi connectivity index (χ2v) is 4.32. The van der Waals surface area contributed by atoms with E-state index in [1.54, 1.807) is 0 Å². The van der Waals surface area contributed by atoms with Crippen LogP contribution in [-0.4, -0.2) is 17.2 Å². The van der Waals surface area contributed by atoms with Crippen molar-refractivity contribution in [3.05, 3.63) is 29.3 Å². The molecule has 68 valence electrons. The van der Waals surface area contributed by atoms with Crippen LogP contribution in [0.5, 0.6) is 0 Å². The summed E-state index contributed by atoms with van der Waals surface area (Å²) in [5.74, 6) is 0.187. The number of hydrogen-bond donors (Lipinski definition) is 1. The molecule has 1 aliphatic rings. The molecule has 13 heavy (non-hydrogen) atoms. The second-order valence-electron chi connectivity index (χ2n) is 3.21. The summed E-state index contributed by atoms with van der Waals surface area (Å²) >= 11 is 3.35. The van der Waals surface area contributed by atoms with Gasteiger partial charge in [0.2, 0.25) is 0 Å². The molecule has 1 atom stereocenters. The van der Waals surface area contributed by atoms with Crippen molar-refractivity contribution in [1.29, 1.82) is 0 Å². The van der Waals surface area contributed by atoms with Gasteiger partial charge in [-0.3, -0.25) is 4.79 Å². The average molecular weight is 240 g/mol. The summed E-state index contributed by atoms with van der Waals surface area (Å²) in [6.07, 6.45) is 0. The number of benzene rings is 1. The van der Waals surface area contributed by atoms with Crippen molar-refractivity contribution in [3.8, 4) is 0 Å². The van der Waals surface area contributed by atoms with Crippen LogP contribution in [0.1, 0.15) is 15.9 Å². The summed E-state index contributed by atoms with van der Waals surface area (Å²) in [5, 5.41) is 3.22. The maximum absolute atomic E-state index is 11.8. The first-order chi connectivity index (χ1) is 6.20. The topological polar surface area (TPSA) is 29.1 Å². The summed E-state index contributed by atoms with van der Waals surface area (Å²) in [5.41, 5.74) is 2.83. The quantitative estimate of drug-likeness (QED) is 0.705. The van der Waals surface area contributed by atoms with Crippen LogP contribution in [0.25, 0.3) is 0 Å². The van der Waals surface area contributed by atoms with Gasteiger partial charge in [-0.25, -0.2) is 0 Å². The molecule has 0 bridgehead atoms. The van der Waals surface area contributed by atoms with Gasteiger partial charge in [-0.05, 0) is 18.6 Å². The summed E-state index contributed by atoms with van der Waals surface area (Å²) < 4.78 is 0. The molecule has 0 aromatic heterocycles. The van der Waals surface area contributed by atoms with E-state index in [1.807, 2.05) is 25.1 Å². The van der Waals surface area contributed by atoms with Crippen molar-refractivity contribution >= 4 is 27.4 Å². The summed E-state index contributed by atoms with van der Waals surface area (Å²) in [7, 11) is 0. The minimum Gasteiger partial charge on any atom is -0.383 e. The number of ketones is 1. The number of Topliss-reactive ketones (excluding diaryl/α,β-unsaturated/α-hetero) is 1. The number of rotatable bonds is 0. The molecular weight excluding hydrogens is 230 g/mol. The smallest absolute Gasteiger partial charge is 0.180 e. The maximum Gasteiger partial charge on any atom is 0.180 e. The first-order valence-corrected chi connectivity index (χ1v) is 5.13. The fourth-order valence-electron chi connectivity index (χ4n) is 1.59. The van der Waals surface area contributed by atoms with Crippen molar-refractivity contribution in [2.45, 2.75) is 11.8 Å². The van der Waals surface area contributed by atoms with Crippen LogP contribution >= 0.6 is 15.9 Å². The van der Waals surface area contributed by atoms with Crippen LogP contribution in [-0.2, 0) is 0 Å². The summed E-state index contributed by atoms with van der Waals surface area (Å²) in [6, 6.07) is 5.87. The van der Waals surface area contributed by atoms with Crippen molar-refractivity contribution in [1.82, 2.24) is 0 Å². The lowest BCUT2D eigenvalue weighted by Crippen LogP contribution is -2.30. The van der Waals surface area contributed by atoms with Gasteiger partial charge in [0.1, 0.15) is 0 Å². The van der Waals surface area contributed by atoms with Gasteiger partial charge >= 0.3 is 0 Å². The van der Waals surface area contributed by atoms with E-state index >= 15 is 0 Å². The van der Waals surface area contributed by atoms with E-state index in [-0.39, 0.29) is 10.6 Å². The largest absolute Gasteiger partial charge is 0.383 e. The molecule has 0 amide bonds. The molecule has 1 heterocycles. The van der Waals surface area contributed by atoms with E-state index in [0.29, 0.717) is 6.54 Å². The lowest BCUT2D eigenvalue weighted by molar-refractivity contribution is 0.0991. The molecule has 1 aromatic carbocycles. The van der Waals surface area contributed by atoms with Gasteiger partial charge in [-0.2, -0.15) is 0 Å². The van der Waals surface area contributed by atoms with Gasteiger partial charge in [0.15, 0.2) is 5.78 Å². The SMILES string of the molecule is Cc1cccc2c1C(=O)C(Br)CN2. The molecule has 0 radical (unpaired) electrons. The number of nitrogens with one attached hydrogen (secondary N) is 1. The van der Waals surface area contributed by atoms with Crippen LogP contribution in [0.4, 0.5) is 5.69 Å². The molecule has 1 aromatic rings. The predicted molar refractivity (Wildman–Crippen MR) is 56.7 cm³/mol. The molecule has 2 rings (SSSR count). The Hall–Kier alpha value is -0.830. The zero-order chi connectivity index (χ0) is 9.42. The zero-order valence-electron chi connectivity index (χ0n) is 7.30. The summed E-state index contributed by atoms with van der Waals surface area (Å²) in [4.78, 5) is 11.7. The fraction of sp³-hybridized carbons (Fsp3) is 0.300. The number of hydrogen-bond acceptors (Lipinski definition) is 2. The van der Waals surface area contributed by atoms with E-state index in [1.165, 1.54) is 0 Å². The number of fused-ring (bicyclic) bond motifs is 1. The predicted octanol–water partition coefficient (Wildman–Crippen LogP) is 2.37. The van der Waals surface area contributed by atoms with E-state index in [2.05, 4.69) is 21.2 Å². The second kappa shape index (κ2) is 3.14. The molecule has 0 aliphatic carbocycles. The molecule has 0 fully saturated rings. The van der Waals surface area contributed by atoms with Gasteiger partial charge in [-0.15, -0.1) is 0 Å². The molecule has 1 N–H and O–H groups in total. The molecule has 1 unspecified atom stereocenters. The first-order valence-electron chi connectivity index (χ1n) is 4.22. The standard InChI is InChI=1S/C10H10BrNO/c1-6-3-2-4-8-9(6)10(13)7(11)5-12-8/h2-4,7,12H,5H2,1H3. The monoisotopic (exact) mass is 239 g/mol. The minimum atomic E-state index is -0.0823. The Morgan fingerprint density at radius 3 is 3.08 bits per heavy atom. The number of alkyl halides is 1. The summed E-state index contributed by atoms with van der Waals surface area (Å²) in [6.45, 7) is 2.64. The Bertz CT molecular complexity index is 362. The van der Waals surface area contributed by atoms with Crippen molar-refractivity contribution in [3.63, 3.8) is 0 Å². The molecule has 1 aliphatic heterocycles. The third-order valence-electron chi connectivity index (χ3n) is 2.28. The van der Waals surface area contributed by atoms with Gasteiger partial charge in [0, 0.05) is 17.8 Å². The molecule has 0 saturated heterocycles. The Balaban J connectivity index is 2.57. The molecule has 2 nitrogen and oxygen atoms in total. The Morgan fingerprint density at radius 1 is 1.54 bits per heavy atom. The van der Waals surface area contributed by atoms with Gasteiger partial charge in [-0.1, -0.05) is 28.1 Å². The highest BCUT2D eigenvalue weighted by atomic mass is 79.9. The van der Waals surface area contributed by atoms with Gasteiger partial charge in [0.25, 0.3) is 0 Å². The van der Waals surface area contributed by atoms with Crippen LogP contribution < -0.4 is 5.32 Å². The number of halogens is 1. The lowest BCUT2D eigenvalue weighted by Gasteiger charge is -2.22. The first kappa shape index (κ1) is 8.75. The minimum absolute atomic E-state index is 0.0823. The fourth-order valence-corrected chi connectivity index (χ4v) is 1.98. The number of anilines is 1. The molecular formula is C10H10BrNO. The molecule has 3 heteroatoms. The van der Waals surface area contributed by atoms with Crippen LogP contribution in [0.3, 0.4) is 0 Å². The maximum atomic E-state index is 11.8. The third kappa shape index (κ3) is 1.37. The van der Waals surface area contributed by atoms with Gasteiger partial charge in [0.05, 0.1) is 4.83 Å². The highest BCUT2D eigenvalue weighted by Crippen LogP contribution is 2.27. The average Bonchev–Trinajstić information content (AvgIpc) is 2.12. The van der Waals surface area contributed by atoms with Crippen molar-refractivity contribution in [2.24, 2.45) is 0 Å². The van der Waals surface area contributed by atoms with E-state index < -0.39 is 0 Å². The highest BCUT2D eigenvalue weighted by molar-refractivity contribution is 9.10. The third-order valence-corrected chi connectivity index (χ3v) is 3.01. The Kier molecular flexibility index (Phi) is 2.12. The van der Waals surface area contributed by atoms with E-state index in [4.69, 9.17) is 0 Å². The van der Waals surface area contributed by atoms with Crippen LogP contribution in [0, 0.1) is 6.92 Å². The molecule has 0 spiro atoms. The van der Waals surface area contributed by atoms with Gasteiger partial charge < -0.3 is 5.32 Å². The van der Waals surface area contributed by atoms with Crippen molar-refractivity contribution in [2.75, 3.05) is 11.9 Å². The highest BCUT2D eigenvalue weighted by Gasteiger charge is 2.25. The Labute approximate surface area is 85.5 Å². The Morgan fingerprint density at radius 2 is 2.31 bits per heavy atom. The number of carbonyl (C=O) groups excluding carboxylic acids is 1. The van der Waals surface area contributed by atoms with Crippen LogP contribution in [0.15, 0.2) is 18.2 Å². The number of aryl methyl sites for hydroxylation is 1. The normalized spacial score (nSPS) is 20.8. The lowest BCUT2D eigenvalue weighted by atomic mass is 9.97. The zero-order valence-corrected chi connectivity index (χ0v) is 8.89. The number of carbonyl (C=O) groups is 1. The van der Waals surface area contributed by atoms with E-state index in [9.17, 15) is 4.79 Å². The van der Waals surface area contributed by atoms with Crippen molar-refractivity contribution < 1.29 is 4.79 Å².